The second-order valence-corrected chi connectivity index (χ2v) is 3.91. The van der Waals surface area contributed by atoms with Gasteiger partial charge >= 0.3 is 0 Å². The van der Waals surface area contributed by atoms with E-state index in [0.717, 1.165) is 13.1 Å². The highest BCUT2D eigenvalue weighted by molar-refractivity contribution is 7.13. The minimum absolute atomic E-state index is 0.0367. The summed E-state index contributed by atoms with van der Waals surface area (Å²) in [5, 5.41) is 5.28. The van der Waals surface area contributed by atoms with Crippen LogP contribution in [0, 0.1) is 0 Å². The fourth-order valence-corrected chi connectivity index (χ4v) is 1.73. The molecule has 0 radical (unpaired) electrons. The Kier molecular flexibility index (Phi) is 2.56. The summed E-state index contributed by atoms with van der Waals surface area (Å²) in [4.78, 5) is 17.4. The second kappa shape index (κ2) is 3.85. The number of nitrogens with one attached hydrogen (secondary N) is 1. The molecule has 0 bridgehead atoms. The molecule has 1 aromatic rings. The smallest absolute Gasteiger partial charge is 0.240 e. The van der Waals surface area contributed by atoms with Crippen molar-refractivity contribution in [2.24, 2.45) is 0 Å². The van der Waals surface area contributed by atoms with E-state index in [2.05, 4.69) is 15.2 Å². The quantitative estimate of drug-likeness (QED) is 0.779. The highest BCUT2D eigenvalue weighted by atomic mass is 32.1. The Hall–Kier alpha value is -0.940. The Morgan fingerprint density at radius 1 is 1.69 bits per heavy atom. The summed E-state index contributed by atoms with van der Waals surface area (Å²) in [6, 6.07) is 0. The van der Waals surface area contributed by atoms with Crippen LogP contribution in [0.1, 0.15) is 6.42 Å². The topological polar surface area (TPSA) is 45.2 Å². The molecule has 0 aliphatic carbocycles. The number of amides is 1. The molecule has 2 rings (SSSR count). The van der Waals surface area contributed by atoms with Crippen LogP contribution in [0.2, 0.25) is 0 Å². The average Bonchev–Trinajstić information content (AvgIpc) is 2.49. The Morgan fingerprint density at radius 3 is 3.08 bits per heavy atom. The van der Waals surface area contributed by atoms with Gasteiger partial charge in [-0.2, -0.15) is 0 Å². The van der Waals surface area contributed by atoms with E-state index in [1.807, 2.05) is 5.38 Å². The number of likely N-dealkylation sites (tertiary alicyclic amines) is 1. The van der Waals surface area contributed by atoms with Gasteiger partial charge in [-0.15, -0.1) is 11.3 Å². The number of hydrogen-bond donors (Lipinski definition) is 1. The summed E-state index contributed by atoms with van der Waals surface area (Å²) >= 11 is 1.44. The van der Waals surface area contributed by atoms with Crippen molar-refractivity contribution in [3.63, 3.8) is 0 Å². The maximum atomic E-state index is 11.3. The predicted octanol–water partition coefficient (Wildman–Crippen LogP) is 0.787. The molecule has 1 aliphatic heterocycles. The van der Waals surface area contributed by atoms with Gasteiger partial charge in [0, 0.05) is 11.6 Å². The lowest BCUT2D eigenvalue weighted by Crippen LogP contribution is -2.42. The van der Waals surface area contributed by atoms with Crippen molar-refractivity contribution in [1.82, 2.24) is 9.88 Å². The van der Waals surface area contributed by atoms with Crippen LogP contribution >= 0.6 is 11.3 Å². The Labute approximate surface area is 80.6 Å². The van der Waals surface area contributed by atoms with E-state index >= 15 is 0 Å². The average molecular weight is 197 g/mol. The van der Waals surface area contributed by atoms with Gasteiger partial charge in [-0.3, -0.25) is 9.69 Å². The zero-order valence-electron chi connectivity index (χ0n) is 7.19. The molecule has 1 aliphatic rings. The zero-order chi connectivity index (χ0) is 9.10. The van der Waals surface area contributed by atoms with Crippen LogP contribution in [0.5, 0.6) is 0 Å². The van der Waals surface area contributed by atoms with E-state index in [1.54, 1.807) is 6.20 Å². The van der Waals surface area contributed by atoms with Gasteiger partial charge in [-0.1, -0.05) is 0 Å². The highest BCUT2D eigenvalue weighted by Gasteiger charge is 2.17. The molecule has 1 saturated heterocycles. The van der Waals surface area contributed by atoms with Crippen LogP contribution in [-0.2, 0) is 4.79 Å². The van der Waals surface area contributed by atoms with Crippen LogP contribution in [-0.4, -0.2) is 35.4 Å². The largest absolute Gasteiger partial charge is 0.301 e. The fourth-order valence-electron chi connectivity index (χ4n) is 1.19. The lowest BCUT2D eigenvalue weighted by atomic mass is 10.2. The van der Waals surface area contributed by atoms with E-state index in [4.69, 9.17) is 0 Å². The number of rotatable bonds is 3. The Morgan fingerprint density at radius 2 is 2.54 bits per heavy atom. The number of hydrogen-bond acceptors (Lipinski definition) is 4. The van der Waals surface area contributed by atoms with E-state index in [0.29, 0.717) is 11.7 Å². The monoisotopic (exact) mass is 197 g/mol. The zero-order valence-corrected chi connectivity index (χ0v) is 8.01. The number of aromatic nitrogens is 1. The molecule has 1 fully saturated rings. The van der Waals surface area contributed by atoms with Gasteiger partial charge in [0.15, 0.2) is 5.13 Å². The number of carbonyl (C=O) groups is 1. The molecular formula is C8H11N3OS. The SMILES string of the molecule is O=C(CN1CCC1)Nc1nccs1. The van der Waals surface area contributed by atoms with Crippen LogP contribution < -0.4 is 5.32 Å². The molecule has 0 saturated carbocycles. The molecule has 4 nitrogen and oxygen atoms in total. The van der Waals surface area contributed by atoms with Gasteiger partial charge in [0.25, 0.3) is 0 Å². The van der Waals surface area contributed by atoms with E-state index in [9.17, 15) is 4.79 Å². The number of thiazole rings is 1. The third kappa shape index (κ3) is 2.26. The number of nitrogens with zero attached hydrogens (tertiary/aromatic N) is 2. The molecule has 2 heterocycles. The van der Waals surface area contributed by atoms with Gasteiger partial charge in [0.1, 0.15) is 0 Å². The maximum absolute atomic E-state index is 11.3. The molecule has 70 valence electrons. The van der Waals surface area contributed by atoms with Gasteiger partial charge in [0.2, 0.25) is 5.91 Å². The third-order valence-corrected chi connectivity index (χ3v) is 2.68. The van der Waals surface area contributed by atoms with Crippen molar-refractivity contribution < 1.29 is 4.79 Å². The molecule has 1 amide bonds. The molecule has 0 unspecified atom stereocenters. The molecule has 0 atom stereocenters. The first-order valence-electron chi connectivity index (χ1n) is 4.26. The van der Waals surface area contributed by atoms with Crippen LogP contribution in [0.3, 0.4) is 0 Å². The first-order chi connectivity index (χ1) is 6.34. The van der Waals surface area contributed by atoms with Gasteiger partial charge in [-0.05, 0) is 19.5 Å². The molecule has 5 heteroatoms. The minimum atomic E-state index is 0.0367. The molecule has 0 aromatic carbocycles. The van der Waals surface area contributed by atoms with Crippen molar-refractivity contribution in [2.45, 2.75) is 6.42 Å². The van der Waals surface area contributed by atoms with Crippen molar-refractivity contribution in [2.75, 3.05) is 25.0 Å². The van der Waals surface area contributed by atoms with E-state index < -0.39 is 0 Å². The molecule has 13 heavy (non-hydrogen) atoms. The Bertz CT molecular complexity index is 282. The highest BCUT2D eigenvalue weighted by Crippen LogP contribution is 2.11. The van der Waals surface area contributed by atoms with Gasteiger partial charge in [-0.25, -0.2) is 4.98 Å². The van der Waals surface area contributed by atoms with Crippen LogP contribution in [0.15, 0.2) is 11.6 Å². The molecular weight excluding hydrogens is 186 g/mol. The molecule has 1 N–H and O–H groups in total. The fraction of sp³-hybridized carbons (Fsp3) is 0.500. The molecule has 0 spiro atoms. The summed E-state index contributed by atoms with van der Waals surface area (Å²) in [6.07, 6.45) is 2.90. The van der Waals surface area contributed by atoms with Crippen LogP contribution in [0.4, 0.5) is 5.13 Å². The van der Waals surface area contributed by atoms with E-state index in [1.165, 1.54) is 17.8 Å². The first-order valence-corrected chi connectivity index (χ1v) is 5.14. The second-order valence-electron chi connectivity index (χ2n) is 3.02. The first kappa shape index (κ1) is 8.65. The third-order valence-electron chi connectivity index (χ3n) is 1.99. The lowest BCUT2D eigenvalue weighted by Gasteiger charge is -2.29. The normalized spacial score (nSPS) is 16.6. The van der Waals surface area contributed by atoms with Gasteiger partial charge < -0.3 is 5.32 Å². The summed E-state index contributed by atoms with van der Waals surface area (Å²) < 4.78 is 0. The van der Waals surface area contributed by atoms with Crippen molar-refractivity contribution >= 4 is 22.4 Å². The molecule has 1 aromatic heterocycles. The van der Waals surface area contributed by atoms with Gasteiger partial charge in [0.05, 0.1) is 6.54 Å². The standard InChI is InChI=1S/C8H11N3OS/c12-7(6-11-3-1-4-11)10-8-9-2-5-13-8/h2,5H,1,3-4,6H2,(H,9,10,12). The summed E-state index contributed by atoms with van der Waals surface area (Å²) in [5.74, 6) is 0.0367. The summed E-state index contributed by atoms with van der Waals surface area (Å²) in [7, 11) is 0. The number of anilines is 1. The predicted molar refractivity (Wildman–Crippen MR) is 51.8 cm³/mol. The van der Waals surface area contributed by atoms with Crippen molar-refractivity contribution in [3.8, 4) is 0 Å². The maximum Gasteiger partial charge on any atom is 0.240 e. The summed E-state index contributed by atoms with van der Waals surface area (Å²) in [5.41, 5.74) is 0. The van der Waals surface area contributed by atoms with Crippen LogP contribution in [0.25, 0.3) is 0 Å². The van der Waals surface area contributed by atoms with Crippen molar-refractivity contribution in [3.05, 3.63) is 11.6 Å². The Balaban J connectivity index is 1.78. The van der Waals surface area contributed by atoms with Crippen molar-refractivity contribution in [1.29, 1.82) is 0 Å². The summed E-state index contributed by atoms with van der Waals surface area (Å²) in [6.45, 7) is 2.59. The lowest BCUT2D eigenvalue weighted by molar-refractivity contribution is -0.118. The number of carbonyl (C=O) groups excluding carboxylic acids is 1. The minimum Gasteiger partial charge on any atom is -0.301 e. The van der Waals surface area contributed by atoms with E-state index in [-0.39, 0.29) is 5.91 Å².